The van der Waals surface area contributed by atoms with Gasteiger partial charge in [-0.05, 0) is 37.1 Å². The van der Waals surface area contributed by atoms with Gasteiger partial charge in [-0.25, -0.2) is 0 Å². The molecule has 1 aromatic carbocycles. The van der Waals surface area contributed by atoms with Gasteiger partial charge in [0.25, 0.3) is 0 Å². The van der Waals surface area contributed by atoms with Gasteiger partial charge in [0.1, 0.15) is 0 Å². The summed E-state index contributed by atoms with van der Waals surface area (Å²) in [6, 6.07) is 7.66. The average molecular weight is 291 g/mol. The third-order valence-electron chi connectivity index (χ3n) is 3.91. The summed E-state index contributed by atoms with van der Waals surface area (Å²) in [5.74, 6) is 0.0676. The molecule has 0 aliphatic carbocycles. The first kappa shape index (κ1) is 15.9. The Morgan fingerprint density at radius 1 is 1.43 bits per heavy atom. The molecule has 1 unspecified atom stereocenters. The molecule has 0 saturated carbocycles. The Kier molecular flexibility index (Phi) is 6.17. The van der Waals surface area contributed by atoms with Crippen LogP contribution in [0.2, 0.25) is 0 Å². The number of benzene rings is 1. The number of likely N-dealkylation sites (tertiary alicyclic amines) is 1. The van der Waals surface area contributed by atoms with Gasteiger partial charge < -0.3 is 20.7 Å². The minimum absolute atomic E-state index is 0.0676. The van der Waals surface area contributed by atoms with E-state index in [0.29, 0.717) is 19.1 Å². The van der Waals surface area contributed by atoms with Crippen LogP contribution in [0.1, 0.15) is 24.8 Å². The number of hydrogen-bond acceptors (Lipinski definition) is 4. The van der Waals surface area contributed by atoms with E-state index in [9.17, 15) is 4.79 Å². The molecule has 1 heterocycles. The van der Waals surface area contributed by atoms with Crippen LogP contribution < -0.4 is 11.1 Å². The summed E-state index contributed by atoms with van der Waals surface area (Å²) in [6.45, 7) is 3.53. The van der Waals surface area contributed by atoms with E-state index in [1.54, 1.807) is 7.11 Å². The molecule has 1 aliphatic heterocycles. The van der Waals surface area contributed by atoms with E-state index in [0.717, 1.165) is 43.7 Å². The Morgan fingerprint density at radius 3 is 2.81 bits per heavy atom. The molecule has 1 aromatic rings. The maximum Gasteiger partial charge on any atom is 0.224 e. The Morgan fingerprint density at radius 2 is 2.19 bits per heavy atom. The normalized spacial score (nSPS) is 18.9. The van der Waals surface area contributed by atoms with Crippen LogP contribution in [0.3, 0.4) is 0 Å². The zero-order valence-corrected chi connectivity index (χ0v) is 12.7. The molecule has 0 aromatic heterocycles. The number of nitrogens with one attached hydrogen (secondary N) is 1. The highest BCUT2D eigenvalue weighted by Crippen LogP contribution is 2.13. The molecule has 1 aliphatic rings. The highest BCUT2D eigenvalue weighted by molar-refractivity contribution is 5.90. The molecule has 21 heavy (non-hydrogen) atoms. The first-order chi connectivity index (χ1) is 10.2. The predicted octanol–water partition coefficient (Wildman–Crippen LogP) is 1.58. The van der Waals surface area contributed by atoms with Crippen molar-refractivity contribution >= 4 is 11.6 Å². The van der Waals surface area contributed by atoms with Gasteiger partial charge in [-0.3, -0.25) is 4.79 Å². The van der Waals surface area contributed by atoms with Gasteiger partial charge in [-0.15, -0.1) is 0 Å². The number of methoxy groups -OCH3 is 1. The van der Waals surface area contributed by atoms with Gasteiger partial charge >= 0.3 is 0 Å². The summed E-state index contributed by atoms with van der Waals surface area (Å²) in [5.41, 5.74) is 7.44. The van der Waals surface area contributed by atoms with Crippen LogP contribution in [0, 0.1) is 0 Å². The second-order valence-electron chi connectivity index (χ2n) is 5.50. The lowest BCUT2D eigenvalue weighted by Gasteiger charge is -2.15. The number of nitrogens with zero attached hydrogens (tertiary/aromatic N) is 1. The molecule has 1 fully saturated rings. The van der Waals surface area contributed by atoms with E-state index in [2.05, 4.69) is 10.2 Å². The standard InChI is InChI=1S/C16H25N3O2/c1-21-15-8-10-19(12-15)9-2-3-16(20)18-14-6-4-13(11-17)5-7-14/h4-7,15H,2-3,8-12,17H2,1H3,(H,18,20). The number of anilines is 1. The largest absolute Gasteiger partial charge is 0.380 e. The minimum atomic E-state index is 0.0676. The summed E-state index contributed by atoms with van der Waals surface area (Å²) in [6.07, 6.45) is 2.88. The van der Waals surface area contributed by atoms with E-state index >= 15 is 0 Å². The van der Waals surface area contributed by atoms with E-state index < -0.39 is 0 Å². The highest BCUT2D eigenvalue weighted by atomic mass is 16.5. The van der Waals surface area contributed by atoms with Crippen molar-refractivity contribution in [2.75, 3.05) is 32.1 Å². The summed E-state index contributed by atoms with van der Waals surface area (Å²) in [4.78, 5) is 14.2. The SMILES string of the molecule is COC1CCN(CCCC(=O)Nc2ccc(CN)cc2)C1. The molecule has 1 saturated heterocycles. The molecule has 2 rings (SSSR count). The number of hydrogen-bond donors (Lipinski definition) is 2. The number of carbonyl (C=O) groups excluding carboxylic acids is 1. The fourth-order valence-corrected chi connectivity index (χ4v) is 2.60. The first-order valence-corrected chi connectivity index (χ1v) is 7.55. The molecule has 3 N–H and O–H groups in total. The van der Waals surface area contributed by atoms with Gasteiger partial charge in [0.2, 0.25) is 5.91 Å². The van der Waals surface area contributed by atoms with Crippen LogP contribution in [0.15, 0.2) is 24.3 Å². The van der Waals surface area contributed by atoms with E-state index in [-0.39, 0.29) is 5.91 Å². The van der Waals surface area contributed by atoms with Crippen molar-refractivity contribution in [3.05, 3.63) is 29.8 Å². The lowest BCUT2D eigenvalue weighted by Crippen LogP contribution is -2.25. The lowest BCUT2D eigenvalue weighted by molar-refractivity contribution is -0.116. The predicted molar refractivity (Wildman–Crippen MR) is 84.1 cm³/mol. The Balaban J connectivity index is 1.65. The lowest BCUT2D eigenvalue weighted by atomic mass is 10.2. The summed E-state index contributed by atoms with van der Waals surface area (Å²) in [5, 5.41) is 2.92. The first-order valence-electron chi connectivity index (χ1n) is 7.55. The van der Waals surface area contributed by atoms with E-state index in [4.69, 9.17) is 10.5 Å². The second-order valence-corrected chi connectivity index (χ2v) is 5.50. The number of ether oxygens (including phenoxy) is 1. The maximum atomic E-state index is 11.9. The van der Waals surface area contributed by atoms with Crippen molar-refractivity contribution in [2.24, 2.45) is 5.73 Å². The summed E-state index contributed by atoms with van der Waals surface area (Å²) < 4.78 is 5.34. The molecule has 1 amide bonds. The van der Waals surface area contributed by atoms with Crippen LogP contribution in [0.5, 0.6) is 0 Å². The molecule has 5 nitrogen and oxygen atoms in total. The van der Waals surface area contributed by atoms with Gasteiger partial charge in [0.05, 0.1) is 6.10 Å². The third kappa shape index (κ3) is 5.12. The zero-order chi connectivity index (χ0) is 15.1. The van der Waals surface area contributed by atoms with Gasteiger partial charge in [-0.1, -0.05) is 12.1 Å². The average Bonchev–Trinajstić information content (AvgIpc) is 2.96. The van der Waals surface area contributed by atoms with Crippen LogP contribution in [0.4, 0.5) is 5.69 Å². The van der Waals surface area contributed by atoms with Crippen molar-refractivity contribution < 1.29 is 9.53 Å². The van der Waals surface area contributed by atoms with Crippen molar-refractivity contribution in [2.45, 2.75) is 31.9 Å². The monoisotopic (exact) mass is 291 g/mol. The fraction of sp³-hybridized carbons (Fsp3) is 0.562. The maximum absolute atomic E-state index is 11.9. The summed E-state index contributed by atoms with van der Waals surface area (Å²) in [7, 11) is 1.76. The van der Waals surface area contributed by atoms with Crippen LogP contribution in [0.25, 0.3) is 0 Å². The third-order valence-corrected chi connectivity index (χ3v) is 3.91. The molecule has 0 spiro atoms. The number of rotatable bonds is 7. The molecule has 0 radical (unpaired) electrons. The number of nitrogens with two attached hydrogens (primary N) is 1. The minimum Gasteiger partial charge on any atom is -0.380 e. The molecular weight excluding hydrogens is 266 g/mol. The van der Waals surface area contributed by atoms with E-state index in [1.807, 2.05) is 24.3 Å². The van der Waals surface area contributed by atoms with Crippen LogP contribution in [-0.4, -0.2) is 43.7 Å². The fourth-order valence-electron chi connectivity index (χ4n) is 2.60. The zero-order valence-electron chi connectivity index (χ0n) is 12.7. The molecule has 0 bridgehead atoms. The molecule has 5 heteroatoms. The van der Waals surface area contributed by atoms with Crippen molar-refractivity contribution in [3.63, 3.8) is 0 Å². The number of amides is 1. The Labute approximate surface area is 126 Å². The summed E-state index contributed by atoms with van der Waals surface area (Å²) >= 11 is 0. The highest BCUT2D eigenvalue weighted by Gasteiger charge is 2.21. The van der Waals surface area contributed by atoms with Crippen molar-refractivity contribution in [1.82, 2.24) is 4.90 Å². The van der Waals surface area contributed by atoms with Crippen LogP contribution in [-0.2, 0) is 16.1 Å². The van der Waals surface area contributed by atoms with E-state index in [1.165, 1.54) is 0 Å². The van der Waals surface area contributed by atoms with Crippen LogP contribution >= 0.6 is 0 Å². The van der Waals surface area contributed by atoms with Crippen molar-refractivity contribution in [1.29, 1.82) is 0 Å². The Hall–Kier alpha value is -1.43. The van der Waals surface area contributed by atoms with Gasteiger partial charge in [-0.2, -0.15) is 0 Å². The quantitative estimate of drug-likeness (QED) is 0.800. The topological polar surface area (TPSA) is 67.6 Å². The second kappa shape index (κ2) is 8.12. The molecule has 1 atom stereocenters. The molecular formula is C16H25N3O2. The number of carbonyl (C=O) groups is 1. The van der Waals surface area contributed by atoms with Gasteiger partial charge in [0.15, 0.2) is 0 Å². The van der Waals surface area contributed by atoms with Gasteiger partial charge in [0, 0.05) is 38.9 Å². The Bertz CT molecular complexity index is 447. The smallest absolute Gasteiger partial charge is 0.224 e. The molecule has 116 valence electrons. The van der Waals surface area contributed by atoms with Crippen molar-refractivity contribution in [3.8, 4) is 0 Å².